The van der Waals surface area contributed by atoms with Crippen LogP contribution in [0.1, 0.15) is 17.0 Å². The van der Waals surface area contributed by atoms with Crippen LogP contribution in [0, 0.1) is 6.92 Å². The van der Waals surface area contributed by atoms with E-state index < -0.39 is 0 Å². The molecule has 1 aliphatic rings. The highest BCUT2D eigenvalue weighted by Crippen LogP contribution is 2.18. The molecule has 104 valence electrons. The highest BCUT2D eigenvalue weighted by molar-refractivity contribution is 5.97. The molecule has 0 saturated heterocycles. The quantitative estimate of drug-likeness (QED) is 0.867. The first-order chi connectivity index (χ1) is 9.65. The standard InChI is InChI=1S/C15H18N4O/c1-10-4-3-5-11(6-10)19(2)15(20)13-7-12-14(8-16-13)18-9-17-12/h3-6,9,13,16H,7-8H2,1-2H3,(H,17,18). The normalized spacial score (nSPS) is 17.6. The van der Waals surface area contributed by atoms with Gasteiger partial charge in [0.05, 0.1) is 23.8 Å². The van der Waals surface area contributed by atoms with Crippen LogP contribution < -0.4 is 10.2 Å². The van der Waals surface area contributed by atoms with Gasteiger partial charge < -0.3 is 9.88 Å². The average Bonchev–Trinajstić information content (AvgIpc) is 2.93. The summed E-state index contributed by atoms with van der Waals surface area (Å²) in [5, 5.41) is 3.26. The molecule has 5 nitrogen and oxygen atoms in total. The molecule has 0 radical (unpaired) electrons. The Bertz CT molecular complexity index is 634. The fraction of sp³-hybridized carbons (Fsp3) is 0.333. The zero-order valence-corrected chi connectivity index (χ0v) is 11.7. The van der Waals surface area contributed by atoms with Gasteiger partial charge in [-0.1, -0.05) is 12.1 Å². The Hall–Kier alpha value is -2.14. The van der Waals surface area contributed by atoms with E-state index in [0.717, 1.165) is 22.6 Å². The minimum absolute atomic E-state index is 0.0734. The Morgan fingerprint density at radius 3 is 3.10 bits per heavy atom. The van der Waals surface area contributed by atoms with E-state index in [9.17, 15) is 4.79 Å². The number of carbonyl (C=O) groups is 1. The first kappa shape index (κ1) is 12.9. The van der Waals surface area contributed by atoms with Crippen molar-refractivity contribution in [2.45, 2.75) is 25.9 Å². The van der Waals surface area contributed by atoms with Crippen LogP contribution in [-0.2, 0) is 17.8 Å². The summed E-state index contributed by atoms with van der Waals surface area (Å²) in [4.78, 5) is 21.6. The average molecular weight is 270 g/mol. The Balaban J connectivity index is 1.76. The van der Waals surface area contributed by atoms with Crippen molar-refractivity contribution in [2.75, 3.05) is 11.9 Å². The fourth-order valence-corrected chi connectivity index (χ4v) is 2.54. The minimum atomic E-state index is -0.212. The van der Waals surface area contributed by atoms with E-state index in [1.165, 1.54) is 0 Å². The van der Waals surface area contributed by atoms with Gasteiger partial charge in [-0.15, -0.1) is 0 Å². The number of fused-ring (bicyclic) bond motifs is 1. The van der Waals surface area contributed by atoms with Crippen molar-refractivity contribution in [1.82, 2.24) is 15.3 Å². The molecule has 2 aromatic rings. The Morgan fingerprint density at radius 1 is 1.45 bits per heavy atom. The third-order valence-corrected chi connectivity index (χ3v) is 3.75. The number of hydrogen-bond donors (Lipinski definition) is 2. The molecule has 1 unspecified atom stereocenters. The number of aromatic amines is 1. The molecule has 1 aromatic carbocycles. The molecular formula is C15H18N4O. The molecule has 5 heteroatoms. The van der Waals surface area contributed by atoms with Gasteiger partial charge in [-0.05, 0) is 24.6 Å². The fourth-order valence-electron chi connectivity index (χ4n) is 2.54. The molecule has 20 heavy (non-hydrogen) atoms. The monoisotopic (exact) mass is 270 g/mol. The molecular weight excluding hydrogens is 252 g/mol. The second-order valence-corrected chi connectivity index (χ2v) is 5.20. The third kappa shape index (κ3) is 2.32. The maximum atomic E-state index is 12.6. The van der Waals surface area contributed by atoms with Gasteiger partial charge in [0, 0.05) is 25.7 Å². The summed E-state index contributed by atoms with van der Waals surface area (Å²) < 4.78 is 0. The second kappa shape index (κ2) is 5.09. The molecule has 0 fully saturated rings. The number of anilines is 1. The molecule has 0 bridgehead atoms. The summed E-state index contributed by atoms with van der Waals surface area (Å²) in [7, 11) is 1.82. The van der Waals surface area contributed by atoms with Crippen LogP contribution in [0.25, 0.3) is 0 Å². The largest absolute Gasteiger partial charge is 0.347 e. The molecule has 1 aromatic heterocycles. The van der Waals surface area contributed by atoms with Gasteiger partial charge >= 0.3 is 0 Å². The number of hydrogen-bond acceptors (Lipinski definition) is 3. The van der Waals surface area contributed by atoms with Gasteiger partial charge in [0.25, 0.3) is 0 Å². The van der Waals surface area contributed by atoms with Gasteiger partial charge in [0.2, 0.25) is 5.91 Å². The van der Waals surface area contributed by atoms with Crippen molar-refractivity contribution < 1.29 is 4.79 Å². The van der Waals surface area contributed by atoms with Crippen molar-refractivity contribution in [3.05, 3.63) is 47.5 Å². The van der Waals surface area contributed by atoms with E-state index in [0.29, 0.717) is 13.0 Å². The first-order valence-corrected chi connectivity index (χ1v) is 6.74. The van der Waals surface area contributed by atoms with E-state index in [4.69, 9.17) is 0 Å². The number of nitrogens with one attached hydrogen (secondary N) is 2. The third-order valence-electron chi connectivity index (χ3n) is 3.75. The lowest BCUT2D eigenvalue weighted by Crippen LogP contribution is -2.48. The van der Waals surface area contributed by atoms with Gasteiger partial charge in [0.1, 0.15) is 0 Å². The number of likely N-dealkylation sites (N-methyl/N-ethyl adjacent to an activating group) is 1. The van der Waals surface area contributed by atoms with Crippen LogP contribution in [0.3, 0.4) is 0 Å². The molecule has 0 saturated carbocycles. The van der Waals surface area contributed by atoms with Crippen molar-refractivity contribution in [1.29, 1.82) is 0 Å². The molecule has 1 amide bonds. The lowest BCUT2D eigenvalue weighted by molar-refractivity contribution is -0.120. The van der Waals surface area contributed by atoms with Gasteiger partial charge in [-0.2, -0.15) is 0 Å². The highest BCUT2D eigenvalue weighted by atomic mass is 16.2. The highest BCUT2D eigenvalue weighted by Gasteiger charge is 2.28. The van der Waals surface area contributed by atoms with Crippen LogP contribution in [0.15, 0.2) is 30.6 Å². The van der Waals surface area contributed by atoms with Crippen molar-refractivity contribution in [3.8, 4) is 0 Å². The Morgan fingerprint density at radius 2 is 2.30 bits per heavy atom. The zero-order chi connectivity index (χ0) is 14.1. The predicted molar refractivity (Wildman–Crippen MR) is 77.5 cm³/mol. The van der Waals surface area contributed by atoms with Crippen molar-refractivity contribution >= 4 is 11.6 Å². The van der Waals surface area contributed by atoms with Crippen molar-refractivity contribution in [3.63, 3.8) is 0 Å². The maximum Gasteiger partial charge on any atom is 0.244 e. The summed E-state index contributed by atoms with van der Waals surface area (Å²) in [5.74, 6) is 0.0734. The molecule has 0 aliphatic carbocycles. The molecule has 1 atom stereocenters. The number of nitrogens with zero attached hydrogens (tertiary/aromatic N) is 2. The molecule has 1 aliphatic heterocycles. The summed E-state index contributed by atoms with van der Waals surface area (Å²) in [6, 6.07) is 7.75. The van der Waals surface area contributed by atoms with Crippen LogP contribution in [0.2, 0.25) is 0 Å². The molecule has 3 rings (SSSR count). The van der Waals surface area contributed by atoms with E-state index in [1.54, 1.807) is 11.2 Å². The number of amides is 1. The minimum Gasteiger partial charge on any atom is -0.347 e. The number of benzene rings is 1. The van der Waals surface area contributed by atoms with Crippen molar-refractivity contribution in [2.24, 2.45) is 0 Å². The van der Waals surface area contributed by atoms with E-state index in [1.807, 2.05) is 38.2 Å². The lowest BCUT2D eigenvalue weighted by atomic mass is 10.0. The van der Waals surface area contributed by atoms with Crippen LogP contribution >= 0.6 is 0 Å². The van der Waals surface area contributed by atoms with Crippen LogP contribution in [0.4, 0.5) is 5.69 Å². The number of H-pyrrole nitrogens is 1. The molecule has 0 spiro atoms. The van der Waals surface area contributed by atoms with E-state index in [2.05, 4.69) is 15.3 Å². The van der Waals surface area contributed by atoms with Crippen LogP contribution in [-0.4, -0.2) is 29.0 Å². The summed E-state index contributed by atoms with van der Waals surface area (Å²) in [6.07, 6.45) is 2.32. The second-order valence-electron chi connectivity index (χ2n) is 5.20. The molecule has 2 N–H and O–H groups in total. The molecule has 2 heterocycles. The van der Waals surface area contributed by atoms with Gasteiger partial charge in [-0.25, -0.2) is 4.98 Å². The SMILES string of the molecule is Cc1cccc(N(C)C(=O)C2Cc3nc[nH]c3CN2)c1. The van der Waals surface area contributed by atoms with Gasteiger partial charge in [0.15, 0.2) is 0 Å². The van der Waals surface area contributed by atoms with E-state index in [-0.39, 0.29) is 11.9 Å². The van der Waals surface area contributed by atoms with Crippen LogP contribution in [0.5, 0.6) is 0 Å². The number of aromatic nitrogens is 2. The smallest absolute Gasteiger partial charge is 0.244 e. The zero-order valence-electron chi connectivity index (χ0n) is 11.7. The summed E-state index contributed by atoms with van der Waals surface area (Å²) in [5.41, 5.74) is 4.13. The Labute approximate surface area is 118 Å². The lowest BCUT2D eigenvalue weighted by Gasteiger charge is -2.27. The predicted octanol–water partition coefficient (Wildman–Crippen LogP) is 1.40. The van der Waals surface area contributed by atoms with E-state index >= 15 is 0 Å². The number of aryl methyl sites for hydroxylation is 1. The first-order valence-electron chi connectivity index (χ1n) is 6.74. The number of rotatable bonds is 2. The van der Waals surface area contributed by atoms with Gasteiger partial charge in [-0.3, -0.25) is 10.1 Å². The number of imidazole rings is 1. The summed E-state index contributed by atoms with van der Waals surface area (Å²) >= 11 is 0. The summed E-state index contributed by atoms with van der Waals surface area (Å²) in [6.45, 7) is 2.68. The maximum absolute atomic E-state index is 12.6. The number of carbonyl (C=O) groups excluding carboxylic acids is 1. The topological polar surface area (TPSA) is 61.0 Å². The Kier molecular flexibility index (Phi) is 3.28.